The number of nitrogen functional groups attached to an aromatic ring is 1. The number of amides is 2. The summed E-state index contributed by atoms with van der Waals surface area (Å²) >= 11 is 6.13. The normalized spacial score (nSPS) is 24.5. The van der Waals surface area contributed by atoms with E-state index in [-0.39, 0.29) is 29.9 Å². The van der Waals surface area contributed by atoms with Crippen LogP contribution in [0.25, 0.3) is 0 Å². The Hall–Kier alpha value is -2.03. The maximum atomic E-state index is 13.0. The van der Waals surface area contributed by atoms with Crippen molar-refractivity contribution in [3.05, 3.63) is 22.7 Å². The molecular weight excluding hydrogens is 456 g/mol. The van der Waals surface area contributed by atoms with E-state index in [1.807, 2.05) is 6.92 Å². The number of likely N-dealkylation sites (tertiary alicyclic amines) is 2. The Morgan fingerprint density at radius 3 is 2.68 bits per heavy atom. The number of ether oxygens (including phenoxy) is 2. The van der Waals surface area contributed by atoms with Crippen LogP contribution in [0.5, 0.6) is 5.75 Å². The molecule has 2 heterocycles. The van der Waals surface area contributed by atoms with Crippen molar-refractivity contribution in [3.8, 4) is 5.75 Å². The van der Waals surface area contributed by atoms with Gasteiger partial charge in [-0.15, -0.1) is 0 Å². The largest absolute Gasteiger partial charge is 0.496 e. The summed E-state index contributed by atoms with van der Waals surface area (Å²) in [6.07, 6.45) is 4.83. The number of nitrogens with one attached hydrogen (secondary N) is 1. The van der Waals surface area contributed by atoms with Gasteiger partial charge in [0.25, 0.3) is 5.91 Å². The van der Waals surface area contributed by atoms with Gasteiger partial charge in [-0.3, -0.25) is 9.59 Å². The Kier molecular flexibility index (Phi) is 9.45. The monoisotopic (exact) mass is 494 g/mol. The number of carbonyl (C=O) groups excluding carboxylic acids is 2. The Balaban J connectivity index is 1.53. The van der Waals surface area contributed by atoms with Crippen molar-refractivity contribution >= 4 is 29.1 Å². The number of anilines is 1. The first-order valence-electron chi connectivity index (χ1n) is 12.2. The highest BCUT2D eigenvalue weighted by Gasteiger charge is 2.32. The van der Waals surface area contributed by atoms with E-state index in [4.69, 9.17) is 26.8 Å². The standard InChI is InChI=1S/C25H39ClN4O4/c1-16(25(32)30-10-6-5-7-17(30)2)8-11-29-12-9-21(23(15-29)34-4)28-24(31)18-13-19(26)20(27)14-22(18)33-3/h13-14,16-17,21,23H,5-12,15,27H2,1-4H3,(H,28,31)/t16?,17?,21-,23+/m1/s1. The number of methoxy groups -OCH3 is 2. The minimum absolute atomic E-state index is 0.00158. The third kappa shape index (κ3) is 6.34. The molecule has 8 nitrogen and oxygen atoms in total. The number of hydrogen-bond donors (Lipinski definition) is 2. The second-order valence-corrected chi connectivity index (χ2v) is 9.99. The quantitative estimate of drug-likeness (QED) is 0.539. The van der Waals surface area contributed by atoms with Gasteiger partial charge >= 0.3 is 0 Å². The lowest BCUT2D eigenvalue weighted by molar-refractivity contribution is -0.138. The molecule has 9 heteroatoms. The molecule has 2 aliphatic rings. The smallest absolute Gasteiger partial charge is 0.255 e. The van der Waals surface area contributed by atoms with E-state index >= 15 is 0 Å². The molecule has 2 saturated heterocycles. The number of nitrogens with zero attached hydrogens (tertiary/aromatic N) is 2. The first kappa shape index (κ1) is 26.6. The van der Waals surface area contributed by atoms with Crippen molar-refractivity contribution in [1.29, 1.82) is 0 Å². The molecule has 2 amide bonds. The van der Waals surface area contributed by atoms with Crippen molar-refractivity contribution in [2.24, 2.45) is 5.92 Å². The fraction of sp³-hybridized carbons (Fsp3) is 0.680. The Morgan fingerprint density at radius 2 is 2.00 bits per heavy atom. The van der Waals surface area contributed by atoms with Gasteiger partial charge in [0.2, 0.25) is 5.91 Å². The molecular formula is C25H39ClN4O4. The fourth-order valence-electron chi connectivity index (χ4n) is 4.96. The number of hydrogen-bond acceptors (Lipinski definition) is 6. The van der Waals surface area contributed by atoms with Crippen molar-refractivity contribution in [1.82, 2.24) is 15.1 Å². The molecule has 0 radical (unpaired) electrons. The molecule has 3 N–H and O–H groups in total. The summed E-state index contributed by atoms with van der Waals surface area (Å²) in [5.41, 5.74) is 6.54. The Labute approximate surface area is 208 Å². The van der Waals surface area contributed by atoms with Crippen LogP contribution >= 0.6 is 11.6 Å². The molecule has 0 aromatic heterocycles. The van der Waals surface area contributed by atoms with Crippen molar-refractivity contribution < 1.29 is 19.1 Å². The summed E-state index contributed by atoms with van der Waals surface area (Å²) in [5, 5.41) is 3.39. The van der Waals surface area contributed by atoms with Crippen molar-refractivity contribution in [2.45, 2.75) is 64.1 Å². The predicted octanol–water partition coefficient (Wildman–Crippen LogP) is 3.18. The van der Waals surface area contributed by atoms with Gasteiger partial charge in [-0.1, -0.05) is 18.5 Å². The molecule has 0 bridgehead atoms. The van der Waals surface area contributed by atoms with Gasteiger partial charge in [0.05, 0.1) is 35.5 Å². The van der Waals surface area contributed by atoms with Crippen LogP contribution in [0.1, 0.15) is 56.3 Å². The number of nitrogens with two attached hydrogens (primary N) is 1. The molecule has 34 heavy (non-hydrogen) atoms. The summed E-state index contributed by atoms with van der Waals surface area (Å²) in [4.78, 5) is 30.3. The van der Waals surface area contributed by atoms with E-state index in [0.717, 1.165) is 45.3 Å². The van der Waals surface area contributed by atoms with Gasteiger partial charge in [-0.05, 0) is 51.6 Å². The van der Waals surface area contributed by atoms with Crippen LogP contribution in [-0.2, 0) is 9.53 Å². The molecule has 2 fully saturated rings. The predicted molar refractivity (Wildman–Crippen MR) is 134 cm³/mol. The Bertz CT molecular complexity index is 868. The summed E-state index contributed by atoms with van der Waals surface area (Å²) in [7, 11) is 3.16. The number of piperidine rings is 2. The molecule has 2 unspecified atom stereocenters. The molecule has 0 spiro atoms. The highest BCUT2D eigenvalue weighted by molar-refractivity contribution is 6.33. The Morgan fingerprint density at radius 1 is 1.24 bits per heavy atom. The van der Waals surface area contributed by atoms with E-state index < -0.39 is 0 Å². The van der Waals surface area contributed by atoms with Crippen LogP contribution in [0.15, 0.2) is 12.1 Å². The SMILES string of the molecule is COc1cc(N)c(Cl)cc1C(=O)N[C@@H]1CCN(CCC(C)C(=O)N2CCCCC2C)C[C@@H]1OC. The minimum Gasteiger partial charge on any atom is -0.496 e. The molecule has 0 aliphatic carbocycles. The topological polar surface area (TPSA) is 97.1 Å². The molecule has 4 atom stereocenters. The van der Waals surface area contributed by atoms with Crippen LogP contribution in [0, 0.1) is 5.92 Å². The second kappa shape index (κ2) is 12.1. The van der Waals surface area contributed by atoms with Gasteiger partial charge < -0.3 is 30.3 Å². The molecule has 1 aromatic rings. The maximum Gasteiger partial charge on any atom is 0.255 e. The average molecular weight is 495 g/mol. The lowest BCUT2D eigenvalue weighted by Gasteiger charge is -2.39. The average Bonchev–Trinajstić information content (AvgIpc) is 2.84. The third-order valence-electron chi connectivity index (χ3n) is 7.21. The highest BCUT2D eigenvalue weighted by atomic mass is 35.5. The number of rotatable bonds is 8. The molecule has 2 aliphatic heterocycles. The number of halogens is 1. The number of benzene rings is 1. The first-order valence-corrected chi connectivity index (χ1v) is 12.6. The molecule has 190 valence electrons. The van der Waals surface area contributed by atoms with E-state index in [1.165, 1.54) is 19.6 Å². The zero-order chi connectivity index (χ0) is 24.8. The summed E-state index contributed by atoms with van der Waals surface area (Å²) in [5.74, 6) is 0.386. The first-order chi connectivity index (χ1) is 16.2. The van der Waals surface area contributed by atoms with E-state index in [9.17, 15) is 9.59 Å². The van der Waals surface area contributed by atoms with E-state index in [0.29, 0.717) is 34.6 Å². The third-order valence-corrected chi connectivity index (χ3v) is 7.54. The van der Waals surface area contributed by atoms with Crippen LogP contribution in [0.3, 0.4) is 0 Å². The number of carbonyl (C=O) groups is 2. The zero-order valence-corrected chi connectivity index (χ0v) is 21.6. The second-order valence-electron chi connectivity index (χ2n) is 9.58. The summed E-state index contributed by atoms with van der Waals surface area (Å²) in [6.45, 7) is 7.42. The van der Waals surface area contributed by atoms with Crippen molar-refractivity contribution in [3.63, 3.8) is 0 Å². The highest BCUT2D eigenvalue weighted by Crippen LogP contribution is 2.29. The van der Waals surface area contributed by atoms with Gasteiger partial charge in [-0.2, -0.15) is 0 Å². The van der Waals surface area contributed by atoms with E-state index in [2.05, 4.69) is 22.0 Å². The van der Waals surface area contributed by atoms with Crippen LogP contribution in [0.2, 0.25) is 5.02 Å². The van der Waals surface area contributed by atoms with Gasteiger partial charge in [-0.25, -0.2) is 0 Å². The zero-order valence-electron chi connectivity index (χ0n) is 20.8. The van der Waals surface area contributed by atoms with Gasteiger partial charge in [0.15, 0.2) is 0 Å². The van der Waals surface area contributed by atoms with Gasteiger partial charge in [0, 0.05) is 44.8 Å². The molecule has 1 aromatic carbocycles. The lowest BCUT2D eigenvalue weighted by Crippen LogP contribution is -2.55. The lowest BCUT2D eigenvalue weighted by atomic mass is 9.97. The van der Waals surface area contributed by atoms with Crippen LogP contribution in [-0.4, -0.2) is 80.2 Å². The minimum atomic E-state index is -0.269. The van der Waals surface area contributed by atoms with Crippen molar-refractivity contribution in [2.75, 3.05) is 46.1 Å². The summed E-state index contributed by atoms with van der Waals surface area (Å²) in [6, 6.07) is 3.29. The maximum absolute atomic E-state index is 13.0. The van der Waals surface area contributed by atoms with Crippen LogP contribution < -0.4 is 15.8 Å². The summed E-state index contributed by atoms with van der Waals surface area (Å²) < 4.78 is 11.0. The molecule has 0 saturated carbocycles. The fourth-order valence-corrected chi connectivity index (χ4v) is 5.12. The van der Waals surface area contributed by atoms with E-state index in [1.54, 1.807) is 13.2 Å². The molecule has 3 rings (SSSR count). The van der Waals surface area contributed by atoms with Crippen LogP contribution in [0.4, 0.5) is 5.69 Å². The van der Waals surface area contributed by atoms with Gasteiger partial charge in [0.1, 0.15) is 5.75 Å².